The van der Waals surface area contributed by atoms with Crippen LogP contribution in [0.15, 0.2) is 0 Å². The van der Waals surface area contributed by atoms with Gasteiger partial charge in [-0.3, -0.25) is 47.9 Å². The van der Waals surface area contributed by atoms with E-state index in [2.05, 4.69) is 31.9 Å². The van der Waals surface area contributed by atoms with E-state index in [0.717, 1.165) is 0 Å². The van der Waals surface area contributed by atoms with Gasteiger partial charge in [0.1, 0.15) is 90.7 Å². The maximum Gasteiger partial charge on any atom is 0.242 e. The summed E-state index contributed by atoms with van der Waals surface area (Å²) >= 11 is 0. The van der Waals surface area contributed by atoms with Crippen LogP contribution in [0, 0.1) is 17.8 Å². The highest BCUT2D eigenvalue weighted by molar-refractivity contribution is 5.93. The Balaban J connectivity index is 1.28. The topological polar surface area (TPSA) is 629 Å². The molecule has 5 saturated heterocycles. The first-order valence-corrected chi connectivity index (χ1v) is 40.4. The van der Waals surface area contributed by atoms with Crippen molar-refractivity contribution in [3.05, 3.63) is 0 Å². The molecule has 7 amide bonds. The first-order valence-electron chi connectivity index (χ1n) is 40.4. The van der Waals surface area contributed by atoms with Crippen molar-refractivity contribution in [2.24, 2.45) is 17.8 Å². The molecule has 43 nitrogen and oxygen atoms in total. The van der Waals surface area contributed by atoms with Crippen molar-refractivity contribution in [3.63, 3.8) is 0 Å². The lowest BCUT2D eigenvalue weighted by molar-refractivity contribution is -0.284. The van der Waals surface area contributed by atoms with Gasteiger partial charge in [0.15, 0.2) is 30.9 Å². The largest absolute Gasteiger partial charge is 0.394 e. The number of ketones is 3. The number of hydrogen-bond acceptors (Lipinski definition) is 36. The van der Waals surface area contributed by atoms with Gasteiger partial charge < -0.3 is 165 Å². The third kappa shape index (κ3) is 34.9. The number of likely N-dealkylation sites (tertiary alicyclic amines) is 1. The minimum atomic E-state index is -1.57. The average Bonchev–Trinajstić information content (AvgIpc) is 1.15. The van der Waals surface area contributed by atoms with E-state index in [4.69, 9.17) is 61.6 Å². The fourth-order valence-electron chi connectivity index (χ4n) is 13.9. The quantitative estimate of drug-likeness (QED) is 0.0252. The van der Waals surface area contributed by atoms with Crippen molar-refractivity contribution in [1.29, 1.82) is 0 Å². The second kappa shape index (κ2) is 55.4. The van der Waals surface area contributed by atoms with Crippen molar-refractivity contribution in [2.75, 3.05) is 139 Å². The van der Waals surface area contributed by atoms with E-state index in [9.17, 15) is 114 Å². The first-order chi connectivity index (χ1) is 56.4. The summed E-state index contributed by atoms with van der Waals surface area (Å²) in [5.74, 6) is -8.65. The number of methoxy groups -OCH3 is 1. The fraction of sp³-hybridized carbons (Fsp3) is 0.867. The van der Waals surface area contributed by atoms with Gasteiger partial charge >= 0.3 is 0 Å². The highest BCUT2D eigenvalue weighted by Gasteiger charge is 2.48. The second-order valence-corrected chi connectivity index (χ2v) is 29.9. The molecule has 0 aliphatic carbocycles. The summed E-state index contributed by atoms with van der Waals surface area (Å²) in [5, 5.41) is 148. The van der Waals surface area contributed by atoms with Crippen LogP contribution in [0.2, 0.25) is 0 Å². The van der Waals surface area contributed by atoms with Gasteiger partial charge in [-0.2, -0.15) is 0 Å². The third-order valence-corrected chi connectivity index (χ3v) is 20.7. The number of aliphatic hydroxyl groups is 13. The highest BCUT2D eigenvalue weighted by Crippen LogP contribution is 2.30. The molecule has 5 fully saturated rings. The molecule has 0 aromatic carbocycles. The summed E-state index contributed by atoms with van der Waals surface area (Å²) < 4.78 is 72.9. The molecular weight excluding hydrogens is 1570 g/mol. The van der Waals surface area contributed by atoms with E-state index in [1.165, 1.54) is 25.9 Å². The number of aliphatic hydroxyl groups excluding tert-OH is 13. The fourth-order valence-corrected chi connectivity index (χ4v) is 13.9. The van der Waals surface area contributed by atoms with E-state index in [0.29, 0.717) is 0 Å². The lowest BCUT2D eigenvalue weighted by Gasteiger charge is -2.42. The van der Waals surface area contributed by atoms with E-state index >= 15 is 0 Å². The Kier molecular flexibility index (Phi) is 48.3. The van der Waals surface area contributed by atoms with Crippen LogP contribution in [0.4, 0.5) is 0 Å². The number of amides is 7. The average molecular weight is 1700 g/mol. The molecule has 0 radical (unpaired) electrons. The van der Waals surface area contributed by atoms with Crippen molar-refractivity contribution < 1.29 is 176 Å². The van der Waals surface area contributed by atoms with Gasteiger partial charge in [-0.05, 0) is 44.9 Å². The van der Waals surface area contributed by atoms with Crippen LogP contribution in [0.5, 0.6) is 0 Å². The molecule has 19 N–H and O–H groups in total. The van der Waals surface area contributed by atoms with E-state index in [1.54, 1.807) is 13.8 Å². The minimum absolute atomic E-state index is 0.00716. The lowest BCUT2D eigenvalue weighted by Crippen LogP contribution is -2.64. The SMILES string of the molecule is COC[C@@H]1C[C@@H](O)CN1C(=O)CCCC(=O)C[C@H](CCC(=O)N[C@H](CCC(=O)NCCOCCOC1O[C@H](CO)[C@H](O)[C@H](O)[C@H]1NC(C)=O)C(=O)CCCOCCOC1O[C@H](CO)[C@H](O)[C@H](O)[C@H]1NC(C)=O)C(=O)N[C@H](CCC(=O)CCCOCCOC1O[C@H](CO)[C@H](O)[C@H](O)[C@H]1C)C(=O)NCCOCCOC1O[C@H](CO)[C@H](O)[C@H](O)[C@H]1C. The maximum absolute atomic E-state index is 14.8. The zero-order chi connectivity index (χ0) is 87.0. The Hall–Kier alpha value is -5.74. The Morgan fingerprint density at radius 2 is 0.864 bits per heavy atom. The number of rotatable bonds is 58. The van der Waals surface area contributed by atoms with Gasteiger partial charge in [-0.1, -0.05) is 13.8 Å². The number of hydrogen-bond donors (Lipinski definition) is 19. The summed E-state index contributed by atoms with van der Waals surface area (Å²) in [6.45, 7) is 2.23. The molecule has 0 spiro atoms. The van der Waals surface area contributed by atoms with Crippen LogP contribution in [0.1, 0.15) is 124 Å². The standard InChI is InChI=1S/C75H129N7O36/c1-41-62(96)64(98)53(36-83)115-72(41)111-29-25-107-21-7-10-47(89)14-15-51(71(105)77-20-24-110-27-30-112-73-42(2)63(97)65(99)54(37-84)116-73)81-70(104)45(33-48(90)9-6-12-59(95)82-35-49(91)34-46(82)40-106-5)13-17-58(94)80-50(52(92)11-8-22-108-26-31-113-74-60(78-43(3)87)68(102)66(100)55(38-85)117-74)16-18-57(93)76-19-23-109-28-32-114-75-61(79-44(4)88)69(103)67(101)56(39-86)118-75/h41-42,45-46,49-51,53-56,60-69,72-75,83-86,91,96-103H,6-40H2,1-5H3,(H,76,93)(H,77,105)(H,78,87)(H,79,88)(H,80,94)(H,81,104)/t41-,42-,45+,46+,49-,50-,51-,53-,54-,55-,56-,60-,61-,62-,63-,64+,65+,66+,67+,68-,69-,72?,73?,74?,75?/m1/s1. The van der Waals surface area contributed by atoms with Gasteiger partial charge in [0.2, 0.25) is 41.4 Å². The number of carbonyl (C=O) groups is 10. The Bertz CT molecular complexity index is 3010. The number of nitrogens with one attached hydrogen (secondary N) is 6. The van der Waals surface area contributed by atoms with Crippen molar-refractivity contribution in [2.45, 2.75) is 259 Å². The maximum atomic E-state index is 14.8. The predicted octanol–water partition coefficient (Wildman–Crippen LogP) is -8.25. The Morgan fingerprint density at radius 1 is 0.432 bits per heavy atom. The monoisotopic (exact) mass is 1700 g/mol. The van der Waals surface area contributed by atoms with Crippen LogP contribution < -0.4 is 31.9 Å². The number of β-amino-alcohol motifs (C(OH)–C–C–N with tert-alkyl or cyclic N) is 1. The molecule has 118 heavy (non-hydrogen) atoms. The van der Waals surface area contributed by atoms with Crippen LogP contribution in [0.3, 0.4) is 0 Å². The van der Waals surface area contributed by atoms with Crippen molar-refractivity contribution in [1.82, 2.24) is 36.8 Å². The Labute approximate surface area is 684 Å². The summed E-state index contributed by atoms with van der Waals surface area (Å²) in [5.41, 5.74) is 0. The number of Topliss-reactive ketones (excluding diaryl/α,β-unsaturated/α-hetero) is 3. The smallest absolute Gasteiger partial charge is 0.242 e. The summed E-state index contributed by atoms with van der Waals surface area (Å²) in [6.07, 6.45) is -24.0. The van der Waals surface area contributed by atoms with Crippen molar-refractivity contribution in [3.8, 4) is 0 Å². The lowest BCUT2D eigenvalue weighted by atomic mass is 9.92. The molecular formula is C75H129N7O36. The number of ether oxygens (including phenoxy) is 13. The van der Waals surface area contributed by atoms with E-state index in [-0.39, 0.29) is 201 Å². The summed E-state index contributed by atoms with van der Waals surface area (Å²) in [6, 6.07) is -5.62. The van der Waals surface area contributed by atoms with Crippen LogP contribution >= 0.6 is 0 Å². The zero-order valence-electron chi connectivity index (χ0n) is 67.8. The summed E-state index contributed by atoms with van der Waals surface area (Å²) in [7, 11) is 1.45. The second-order valence-electron chi connectivity index (χ2n) is 29.9. The van der Waals surface area contributed by atoms with E-state index in [1.807, 2.05) is 0 Å². The zero-order valence-corrected chi connectivity index (χ0v) is 67.8. The highest BCUT2D eigenvalue weighted by atomic mass is 16.7. The summed E-state index contributed by atoms with van der Waals surface area (Å²) in [4.78, 5) is 137. The van der Waals surface area contributed by atoms with Crippen LogP contribution in [-0.4, -0.2) is 404 Å². The molecule has 680 valence electrons. The molecule has 25 atom stereocenters. The third-order valence-electron chi connectivity index (χ3n) is 20.7. The van der Waals surface area contributed by atoms with Gasteiger partial charge in [0.05, 0.1) is 129 Å². The normalized spacial score (nSPS) is 29.9. The molecule has 4 unspecified atom stereocenters. The van der Waals surface area contributed by atoms with Gasteiger partial charge in [-0.15, -0.1) is 0 Å². The first kappa shape index (κ1) is 103. The molecule has 5 aliphatic rings. The molecule has 0 saturated carbocycles. The molecule has 0 aromatic rings. The molecule has 43 heteroatoms. The minimum Gasteiger partial charge on any atom is -0.394 e. The molecule has 5 rings (SSSR count). The van der Waals surface area contributed by atoms with Gasteiger partial charge in [-0.25, -0.2) is 0 Å². The number of carbonyl (C=O) groups excluding carboxylic acids is 10. The molecule has 5 heterocycles. The molecule has 5 aliphatic heterocycles. The van der Waals surface area contributed by atoms with Gasteiger partial charge in [0.25, 0.3) is 0 Å². The van der Waals surface area contributed by atoms with Crippen LogP contribution in [-0.2, 0) is 110 Å². The Morgan fingerprint density at radius 3 is 1.35 bits per heavy atom. The van der Waals surface area contributed by atoms with E-state index < -0.39 is 239 Å². The van der Waals surface area contributed by atoms with Crippen molar-refractivity contribution >= 4 is 58.7 Å². The predicted molar refractivity (Wildman–Crippen MR) is 403 cm³/mol. The molecule has 0 bridgehead atoms. The number of nitrogens with zero attached hydrogens (tertiary/aromatic N) is 1. The van der Waals surface area contributed by atoms with Gasteiger partial charge in [0, 0.05) is 123 Å². The van der Waals surface area contributed by atoms with Crippen LogP contribution in [0.25, 0.3) is 0 Å². The molecule has 0 aromatic heterocycles.